The minimum absolute atomic E-state index is 0.00552. The van der Waals surface area contributed by atoms with Crippen molar-refractivity contribution < 1.29 is 22.7 Å². The Morgan fingerprint density at radius 1 is 1.10 bits per heavy atom. The van der Waals surface area contributed by atoms with Gasteiger partial charge in [0.25, 0.3) is 5.91 Å². The van der Waals surface area contributed by atoms with Crippen LogP contribution in [-0.4, -0.2) is 44.3 Å². The van der Waals surface area contributed by atoms with E-state index in [1.807, 2.05) is 37.3 Å². The number of sulfonamides is 1. The van der Waals surface area contributed by atoms with Gasteiger partial charge in [0.05, 0.1) is 16.6 Å². The summed E-state index contributed by atoms with van der Waals surface area (Å²) in [5.74, 6) is -1.28. The highest BCUT2D eigenvalue weighted by atomic mass is 35.5. The molecule has 1 N–H and O–H groups in total. The first-order valence-corrected chi connectivity index (χ1v) is 11.3. The average Bonchev–Trinajstić information content (AvgIpc) is 2.73. The molecule has 30 heavy (non-hydrogen) atoms. The zero-order valence-corrected chi connectivity index (χ0v) is 18.7. The van der Waals surface area contributed by atoms with Crippen LogP contribution in [0.25, 0.3) is 0 Å². The minimum atomic E-state index is -3.85. The number of nitrogens with one attached hydrogen (secondary N) is 1. The predicted molar refractivity (Wildman–Crippen MR) is 115 cm³/mol. The molecule has 9 heteroatoms. The molecule has 1 unspecified atom stereocenters. The maximum absolute atomic E-state index is 12.7. The van der Waals surface area contributed by atoms with Crippen molar-refractivity contribution in [3.05, 3.63) is 64.7 Å². The second kappa shape index (κ2) is 10.6. The molecular formula is C21H25ClN2O5S. The van der Waals surface area contributed by atoms with Crippen molar-refractivity contribution >= 4 is 33.5 Å². The molecule has 0 aliphatic rings. The monoisotopic (exact) mass is 452 g/mol. The van der Waals surface area contributed by atoms with Crippen molar-refractivity contribution in [1.29, 1.82) is 0 Å². The Balaban J connectivity index is 2.06. The van der Waals surface area contributed by atoms with Crippen molar-refractivity contribution in [2.75, 3.05) is 19.7 Å². The normalized spacial score (nSPS) is 12.4. The summed E-state index contributed by atoms with van der Waals surface area (Å²) in [4.78, 5) is 24.3. The van der Waals surface area contributed by atoms with E-state index in [2.05, 4.69) is 5.32 Å². The number of ether oxygens (including phenoxy) is 1. The summed E-state index contributed by atoms with van der Waals surface area (Å²) in [5.41, 5.74) is 0.912. The summed E-state index contributed by atoms with van der Waals surface area (Å²) >= 11 is 6.06. The van der Waals surface area contributed by atoms with Gasteiger partial charge in [-0.3, -0.25) is 4.79 Å². The largest absolute Gasteiger partial charge is 0.452 e. The fraction of sp³-hybridized carbons (Fsp3) is 0.333. The van der Waals surface area contributed by atoms with Gasteiger partial charge in [0, 0.05) is 13.1 Å². The molecule has 0 saturated heterocycles. The predicted octanol–water partition coefficient (Wildman–Crippen LogP) is 3.40. The van der Waals surface area contributed by atoms with Crippen molar-refractivity contribution in [3.8, 4) is 0 Å². The summed E-state index contributed by atoms with van der Waals surface area (Å²) in [6, 6.07) is 13.0. The Morgan fingerprint density at radius 2 is 1.73 bits per heavy atom. The first-order chi connectivity index (χ1) is 14.2. The van der Waals surface area contributed by atoms with Gasteiger partial charge in [-0.2, -0.15) is 4.31 Å². The SMILES string of the molecule is CCN(CC)S(=O)(=O)c1cc(C(=O)OCC(=O)NC(C)c2ccccc2)ccc1Cl. The maximum atomic E-state index is 12.7. The molecule has 0 aromatic heterocycles. The number of hydrogen-bond acceptors (Lipinski definition) is 5. The van der Waals surface area contributed by atoms with Crippen molar-refractivity contribution in [2.45, 2.75) is 31.7 Å². The number of rotatable bonds is 9. The number of nitrogens with zero attached hydrogens (tertiary/aromatic N) is 1. The number of benzene rings is 2. The zero-order chi connectivity index (χ0) is 22.3. The van der Waals surface area contributed by atoms with E-state index < -0.39 is 28.5 Å². The van der Waals surface area contributed by atoms with Gasteiger partial charge < -0.3 is 10.1 Å². The lowest BCUT2D eigenvalue weighted by molar-refractivity contribution is -0.124. The summed E-state index contributed by atoms with van der Waals surface area (Å²) < 4.78 is 31.8. The summed E-state index contributed by atoms with van der Waals surface area (Å²) in [6.45, 7) is 5.28. The molecule has 1 atom stereocenters. The molecule has 162 valence electrons. The summed E-state index contributed by atoms with van der Waals surface area (Å²) in [5, 5.41) is 2.75. The molecule has 0 bridgehead atoms. The summed E-state index contributed by atoms with van der Waals surface area (Å²) in [6.07, 6.45) is 0. The Labute approximate surface area is 182 Å². The van der Waals surface area contributed by atoms with E-state index in [9.17, 15) is 18.0 Å². The lowest BCUT2D eigenvalue weighted by Gasteiger charge is -2.19. The van der Waals surface area contributed by atoms with E-state index >= 15 is 0 Å². The van der Waals surface area contributed by atoms with Crippen molar-refractivity contribution in [2.24, 2.45) is 0 Å². The molecule has 2 aromatic rings. The van der Waals surface area contributed by atoms with Gasteiger partial charge >= 0.3 is 5.97 Å². The summed E-state index contributed by atoms with van der Waals surface area (Å²) in [7, 11) is -3.85. The average molecular weight is 453 g/mol. The van der Waals surface area contributed by atoms with Gasteiger partial charge in [-0.1, -0.05) is 55.8 Å². The number of esters is 1. The topological polar surface area (TPSA) is 92.8 Å². The Hall–Kier alpha value is -2.42. The second-order valence-electron chi connectivity index (χ2n) is 6.51. The van der Waals surface area contributed by atoms with E-state index in [4.69, 9.17) is 16.3 Å². The molecule has 0 aliphatic heterocycles. The third-order valence-electron chi connectivity index (χ3n) is 4.50. The highest BCUT2D eigenvalue weighted by Crippen LogP contribution is 2.26. The Morgan fingerprint density at radius 3 is 2.33 bits per heavy atom. The van der Waals surface area contributed by atoms with Crippen LogP contribution in [0, 0.1) is 0 Å². The maximum Gasteiger partial charge on any atom is 0.338 e. The third-order valence-corrected chi connectivity index (χ3v) is 7.03. The van der Waals surface area contributed by atoms with Crippen LogP contribution in [0.3, 0.4) is 0 Å². The molecule has 7 nitrogen and oxygen atoms in total. The van der Waals surface area contributed by atoms with Gasteiger partial charge in [-0.05, 0) is 30.7 Å². The van der Waals surface area contributed by atoms with Crippen LogP contribution in [0.15, 0.2) is 53.4 Å². The molecule has 1 amide bonds. The molecule has 0 saturated carbocycles. The van der Waals surface area contributed by atoms with Crippen LogP contribution in [0.5, 0.6) is 0 Å². The zero-order valence-electron chi connectivity index (χ0n) is 17.1. The highest BCUT2D eigenvalue weighted by molar-refractivity contribution is 7.89. The highest BCUT2D eigenvalue weighted by Gasteiger charge is 2.26. The molecule has 0 fully saturated rings. The molecule has 0 spiro atoms. The van der Waals surface area contributed by atoms with Crippen LogP contribution in [-0.2, 0) is 19.6 Å². The second-order valence-corrected chi connectivity index (χ2v) is 8.82. The number of carbonyl (C=O) groups excluding carboxylic acids is 2. The van der Waals surface area contributed by atoms with Gasteiger partial charge in [0.2, 0.25) is 10.0 Å². The molecule has 0 heterocycles. The van der Waals surface area contributed by atoms with Crippen LogP contribution in [0.2, 0.25) is 5.02 Å². The van der Waals surface area contributed by atoms with Gasteiger partial charge in [-0.15, -0.1) is 0 Å². The lowest BCUT2D eigenvalue weighted by Crippen LogP contribution is -2.31. The molecular weight excluding hydrogens is 428 g/mol. The van der Waals surface area contributed by atoms with Gasteiger partial charge in [-0.25, -0.2) is 13.2 Å². The molecule has 0 radical (unpaired) electrons. The Kier molecular flexibility index (Phi) is 8.40. The van der Waals surface area contributed by atoms with E-state index in [0.29, 0.717) is 0 Å². The van der Waals surface area contributed by atoms with E-state index in [0.717, 1.165) is 5.56 Å². The van der Waals surface area contributed by atoms with Gasteiger partial charge in [0.1, 0.15) is 4.90 Å². The lowest BCUT2D eigenvalue weighted by atomic mass is 10.1. The minimum Gasteiger partial charge on any atom is -0.452 e. The molecule has 2 aromatic carbocycles. The Bertz CT molecular complexity index is 992. The van der Waals surface area contributed by atoms with Crippen LogP contribution >= 0.6 is 11.6 Å². The van der Waals surface area contributed by atoms with E-state index in [-0.39, 0.29) is 34.6 Å². The fourth-order valence-electron chi connectivity index (χ4n) is 2.85. The first-order valence-electron chi connectivity index (χ1n) is 9.51. The van der Waals surface area contributed by atoms with E-state index in [1.54, 1.807) is 13.8 Å². The van der Waals surface area contributed by atoms with Crippen LogP contribution in [0.4, 0.5) is 0 Å². The smallest absolute Gasteiger partial charge is 0.338 e. The van der Waals surface area contributed by atoms with Crippen LogP contribution < -0.4 is 5.32 Å². The fourth-order valence-corrected chi connectivity index (χ4v) is 4.81. The van der Waals surface area contributed by atoms with Gasteiger partial charge in [0.15, 0.2) is 6.61 Å². The molecule has 0 aliphatic carbocycles. The molecule has 2 rings (SSSR count). The quantitative estimate of drug-likeness (QED) is 0.588. The first kappa shape index (κ1) is 23.9. The third kappa shape index (κ3) is 5.81. The number of carbonyl (C=O) groups is 2. The van der Waals surface area contributed by atoms with Crippen LogP contribution in [0.1, 0.15) is 42.7 Å². The number of halogens is 1. The number of hydrogen-bond donors (Lipinski definition) is 1. The standard InChI is InChI=1S/C21H25ClN2O5S/c1-4-24(5-2)30(27,28)19-13-17(11-12-18(19)22)21(26)29-14-20(25)23-15(3)16-9-7-6-8-10-16/h6-13,15H,4-5,14H2,1-3H3,(H,23,25). The van der Waals surface area contributed by atoms with Crippen molar-refractivity contribution in [3.63, 3.8) is 0 Å². The van der Waals surface area contributed by atoms with Crippen molar-refractivity contribution in [1.82, 2.24) is 9.62 Å². The van der Waals surface area contributed by atoms with E-state index in [1.165, 1.54) is 22.5 Å². The number of amides is 1.